The van der Waals surface area contributed by atoms with Crippen molar-refractivity contribution in [3.8, 4) is 0 Å². The van der Waals surface area contributed by atoms with Crippen LogP contribution in [0.25, 0.3) is 11.1 Å². The van der Waals surface area contributed by atoms with Gasteiger partial charge in [0.2, 0.25) is 0 Å². The number of sulfonamides is 1. The normalized spacial score (nSPS) is 11.9. The number of hydrogen-bond donors (Lipinski definition) is 1. The molecule has 3 rings (SSSR count). The number of nitrogens with zero attached hydrogens (tertiary/aromatic N) is 1. The van der Waals surface area contributed by atoms with Crippen LogP contribution in [-0.4, -0.2) is 26.7 Å². The molecular formula is C18H19FN2O5S. The van der Waals surface area contributed by atoms with Gasteiger partial charge in [0.05, 0.1) is 23.6 Å². The largest absolute Gasteiger partial charge is 0.420 e. The monoisotopic (exact) mass is 394 g/mol. The molecule has 0 radical (unpaired) electrons. The molecule has 1 N–H and O–H groups in total. The molecule has 9 heteroatoms. The molecule has 144 valence electrons. The first kappa shape index (κ1) is 19.1. The second kappa shape index (κ2) is 7.16. The van der Waals surface area contributed by atoms with Crippen LogP contribution >= 0.6 is 0 Å². The fourth-order valence-corrected chi connectivity index (χ4v) is 3.99. The maximum Gasteiger partial charge on any atom is 0.420 e. The van der Waals surface area contributed by atoms with E-state index in [-0.39, 0.29) is 16.2 Å². The summed E-state index contributed by atoms with van der Waals surface area (Å²) in [6, 6.07) is 6.69. The number of hydrogen-bond acceptors (Lipinski definition) is 5. The zero-order valence-corrected chi connectivity index (χ0v) is 15.9. The minimum absolute atomic E-state index is 0.0536. The predicted octanol–water partition coefficient (Wildman–Crippen LogP) is 2.80. The highest BCUT2D eigenvalue weighted by Gasteiger charge is 2.20. The van der Waals surface area contributed by atoms with Crippen molar-refractivity contribution in [2.45, 2.75) is 25.3 Å². The summed E-state index contributed by atoms with van der Waals surface area (Å²) in [4.78, 5) is 12.0. The first-order valence-electron chi connectivity index (χ1n) is 8.15. The number of aromatic nitrogens is 1. The van der Waals surface area contributed by atoms with Gasteiger partial charge in [-0.05, 0) is 49.2 Å². The Kier molecular flexibility index (Phi) is 5.07. The van der Waals surface area contributed by atoms with Crippen LogP contribution in [0.15, 0.2) is 44.4 Å². The van der Waals surface area contributed by atoms with Crippen molar-refractivity contribution >= 4 is 26.8 Å². The van der Waals surface area contributed by atoms with Gasteiger partial charge in [-0.25, -0.2) is 17.6 Å². The standard InChI is InChI=1S/C18H19FN2O5S/c1-11-8-13(4-5-15(11)19)20-27(23,24)14-9-12(2)17-16(10-14)26-18(22)21(17)6-7-25-3/h4-5,8-10,20H,6-7H2,1-3H3. The number of halogens is 1. The van der Waals surface area contributed by atoms with E-state index in [0.717, 1.165) is 0 Å². The van der Waals surface area contributed by atoms with Gasteiger partial charge in [0.25, 0.3) is 10.0 Å². The van der Waals surface area contributed by atoms with Gasteiger partial charge in [0.15, 0.2) is 5.58 Å². The Balaban J connectivity index is 2.03. The highest BCUT2D eigenvalue weighted by molar-refractivity contribution is 7.92. The molecule has 0 spiro atoms. The minimum atomic E-state index is -3.95. The molecule has 0 fully saturated rings. The van der Waals surface area contributed by atoms with Crippen LogP contribution < -0.4 is 10.5 Å². The first-order chi connectivity index (χ1) is 12.7. The number of methoxy groups -OCH3 is 1. The summed E-state index contributed by atoms with van der Waals surface area (Å²) in [6.45, 7) is 3.85. The Morgan fingerprint density at radius 3 is 2.59 bits per heavy atom. The maximum absolute atomic E-state index is 13.4. The number of oxazole rings is 1. The number of fused-ring (bicyclic) bond motifs is 1. The Labute approximate surface area is 155 Å². The lowest BCUT2D eigenvalue weighted by atomic mass is 10.2. The zero-order chi connectivity index (χ0) is 19.8. The quantitative estimate of drug-likeness (QED) is 0.694. The lowest BCUT2D eigenvalue weighted by Gasteiger charge is -2.10. The van der Waals surface area contributed by atoms with Gasteiger partial charge in [-0.1, -0.05) is 0 Å². The van der Waals surface area contributed by atoms with Gasteiger partial charge in [-0.3, -0.25) is 9.29 Å². The van der Waals surface area contributed by atoms with Gasteiger partial charge in [-0.2, -0.15) is 0 Å². The second-order valence-corrected chi connectivity index (χ2v) is 7.85. The van der Waals surface area contributed by atoms with Gasteiger partial charge >= 0.3 is 5.76 Å². The summed E-state index contributed by atoms with van der Waals surface area (Å²) in [5.74, 6) is -1.00. The van der Waals surface area contributed by atoms with E-state index in [0.29, 0.717) is 29.8 Å². The van der Waals surface area contributed by atoms with Crippen molar-refractivity contribution in [2.75, 3.05) is 18.4 Å². The molecule has 0 aliphatic heterocycles. The van der Waals surface area contributed by atoms with Crippen LogP contribution in [0.5, 0.6) is 0 Å². The van der Waals surface area contributed by atoms with Crippen LogP contribution in [0, 0.1) is 19.7 Å². The summed E-state index contributed by atoms with van der Waals surface area (Å²) in [5.41, 5.74) is 1.83. The first-order valence-corrected chi connectivity index (χ1v) is 9.63. The topological polar surface area (TPSA) is 90.5 Å². The van der Waals surface area contributed by atoms with E-state index in [1.54, 1.807) is 13.8 Å². The third-order valence-electron chi connectivity index (χ3n) is 4.17. The number of anilines is 1. The molecule has 1 heterocycles. The fraction of sp³-hybridized carbons (Fsp3) is 0.278. The van der Waals surface area contributed by atoms with E-state index in [9.17, 15) is 17.6 Å². The summed E-state index contributed by atoms with van der Waals surface area (Å²) in [7, 11) is -2.42. The molecule has 7 nitrogen and oxygen atoms in total. The molecule has 0 bridgehead atoms. The molecular weight excluding hydrogens is 375 g/mol. The van der Waals surface area contributed by atoms with Crippen LogP contribution in [0.1, 0.15) is 11.1 Å². The van der Waals surface area contributed by atoms with Crippen molar-refractivity contribution < 1.29 is 22.0 Å². The number of benzene rings is 2. The van der Waals surface area contributed by atoms with Crippen LogP contribution in [-0.2, 0) is 21.3 Å². The maximum atomic E-state index is 13.4. The summed E-state index contributed by atoms with van der Waals surface area (Å²) in [5, 5.41) is 0. The Bertz CT molecular complexity index is 1160. The lowest BCUT2D eigenvalue weighted by Crippen LogP contribution is -2.17. The molecule has 0 saturated carbocycles. The minimum Gasteiger partial charge on any atom is -0.408 e. The SMILES string of the molecule is COCCn1c(=O)oc2cc(S(=O)(=O)Nc3ccc(F)c(C)c3)cc(C)c21. The molecule has 0 aliphatic rings. The van der Waals surface area contributed by atoms with E-state index < -0.39 is 21.6 Å². The predicted molar refractivity (Wildman–Crippen MR) is 99.0 cm³/mol. The number of nitrogens with one attached hydrogen (secondary N) is 1. The molecule has 2 aromatic carbocycles. The number of rotatable bonds is 6. The number of ether oxygens (including phenoxy) is 1. The van der Waals surface area contributed by atoms with Crippen LogP contribution in [0.4, 0.5) is 10.1 Å². The molecule has 0 aliphatic carbocycles. The lowest BCUT2D eigenvalue weighted by molar-refractivity contribution is 0.186. The smallest absolute Gasteiger partial charge is 0.408 e. The van der Waals surface area contributed by atoms with Gasteiger partial charge in [0.1, 0.15) is 5.82 Å². The summed E-state index contributed by atoms with van der Waals surface area (Å²) < 4.78 is 52.8. The van der Waals surface area contributed by atoms with Gasteiger partial charge in [0, 0.05) is 18.9 Å². The molecule has 0 saturated heterocycles. The van der Waals surface area contributed by atoms with Crippen molar-refractivity contribution in [1.29, 1.82) is 0 Å². The van der Waals surface area contributed by atoms with Crippen molar-refractivity contribution in [3.63, 3.8) is 0 Å². The van der Waals surface area contributed by atoms with E-state index in [2.05, 4.69) is 4.72 Å². The zero-order valence-electron chi connectivity index (χ0n) is 15.1. The average molecular weight is 394 g/mol. The van der Waals surface area contributed by atoms with E-state index in [1.807, 2.05) is 0 Å². The van der Waals surface area contributed by atoms with Gasteiger partial charge in [-0.15, -0.1) is 0 Å². The fourth-order valence-electron chi connectivity index (χ4n) is 2.84. The summed E-state index contributed by atoms with van der Waals surface area (Å²) >= 11 is 0. The van der Waals surface area contributed by atoms with Crippen molar-refractivity contribution in [3.05, 3.63) is 57.8 Å². The Morgan fingerprint density at radius 2 is 1.93 bits per heavy atom. The second-order valence-electron chi connectivity index (χ2n) is 6.17. The highest BCUT2D eigenvalue weighted by atomic mass is 32.2. The Hall–Kier alpha value is -2.65. The third kappa shape index (κ3) is 3.74. The van der Waals surface area contributed by atoms with Crippen molar-refractivity contribution in [1.82, 2.24) is 4.57 Å². The van der Waals surface area contributed by atoms with Crippen LogP contribution in [0.2, 0.25) is 0 Å². The van der Waals surface area contributed by atoms with Crippen LogP contribution in [0.3, 0.4) is 0 Å². The molecule has 27 heavy (non-hydrogen) atoms. The molecule has 1 aromatic heterocycles. The van der Waals surface area contributed by atoms with E-state index >= 15 is 0 Å². The molecule has 0 unspecified atom stereocenters. The number of aryl methyl sites for hydroxylation is 2. The Morgan fingerprint density at radius 1 is 1.19 bits per heavy atom. The van der Waals surface area contributed by atoms with E-state index in [4.69, 9.17) is 9.15 Å². The van der Waals surface area contributed by atoms with Gasteiger partial charge < -0.3 is 9.15 Å². The molecule has 3 aromatic rings. The molecule has 0 atom stereocenters. The average Bonchev–Trinajstić information content (AvgIpc) is 2.92. The third-order valence-corrected chi connectivity index (χ3v) is 5.53. The summed E-state index contributed by atoms with van der Waals surface area (Å²) in [6.07, 6.45) is 0. The van der Waals surface area contributed by atoms with Crippen molar-refractivity contribution in [2.24, 2.45) is 0 Å². The highest BCUT2D eigenvalue weighted by Crippen LogP contribution is 2.25. The van der Waals surface area contributed by atoms with E-state index in [1.165, 1.54) is 42.0 Å². The molecule has 0 amide bonds.